The lowest BCUT2D eigenvalue weighted by Crippen LogP contribution is -1.84. The summed E-state index contributed by atoms with van der Waals surface area (Å²) in [5.41, 5.74) is -0.298. The summed E-state index contributed by atoms with van der Waals surface area (Å²) in [5, 5.41) is 32.3. The summed E-state index contributed by atoms with van der Waals surface area (Å²) in [4.78, 5) is 22.9. The first-order chi connectivity index (χ1) is 8.02. The van der Waals surface area contributed by atoms with Crippen LogP contribution in [0.3, 0.4) is 0 Å². The molecule has 0 spiro atoms. The molecule has 86 valence electrons. The van der Waals surface area contributed by atoms with Crippen molar-refractivity contribution in [3.63, 3.8) is 0 Å². The van der Waals surface area contributed by atoms with E-state index in [2.05, 4.69) is 17.2 Å². The number of isothiocyanates is 1. The number of aliphatic imine (C=N–C) groups is 1. The minimum absolute atomic E-state index is 0.188. The van der Waals surface area contributed by atoms with Gasteiger partial charge in [-0.05, 0) is 12.2 Å². The summed E-state index contributed by atoms with van der Waals surface area (Å²) in [7, 11) is 0. The second kappa shape index (κ2) is 5.46. The maximum Gasteiger partial charge on any atom is 0.358 e. The molecule has 1 rings (SSSR count). The molecule has 0 aliphatic carbocycles. The average Bonchev–Trinajstić information content (AvgIpc) is 2.59. The standard InChI is InChI=1S/C6N4O4S3/c7-1-16-4-3(8-2-15)5(9(11)12)17-6(4)10(13)14. The molecule has 0 N–H and O–H groups in total. The van der Waals surface area contributed by atoms with E-state index >= 15 is 0 Å². The Balaban J connectivity index is 3.61. The molecule has 0 saturated carbocycles. The van der Waals surface area contributed by atoms with Crippen LogP contribution in [0.2, 0.25) is 0 Å². The van der Waals surface area contributed by atoms with Crippen LogP contribution in [0.1, 0.15) is 0 Å². The number of hydrogen-bond donors (Lipinski definition) is 0. The number of hydrogen-bond acceptors (Lipinski definition) is 9. The van der Waals surface area contributed by atoms with Crippen LogP contribution >= 0.6 is 35.3 Å². The molecule has 1 aromatic heterocycles. The molecule has 11 heteroatoms. The second-order valence-electron chi connectivity index (χ2n) is 2.30. The highest BCUT2D eigenvalue weighted by Crippen LogP contribution is 2.50. The van der Waals surface area contributed by atoms with Gasteiger partial charge in [0.05, 0.1) is 15.0 Å². The van der Waals surface area contributed by atoms with Crippen LogP contribution in [-0.4, -0.2) is 15.0 Å². The molecule has 0 saturated heterocycles. The van der Waals surface area contributed by atoms with Gasteiger partial charge in [-0.15, -0.1) is 0 Å². The third-order valence-electron chi connectivity index (χ3n) is 1.44. The minimum atomic E-state index is -0.815. The van der Waals surface area contributed by atoms with Crippen molar-refractivity contribution >= 4 is 56.2 Å². The lowest BCUT2D eigenvalue weighted by molar-refractivity contribution is -0.383. The zero-order valence-corrected chi connectivity index (χ0v) is 10.1. The van der Waals surface area contributed by atoms with Gasteiger partial charge < -0.3 is 0 Å². The van der Waals surface area contributed by atoms with Crippen molar-refractivity contribution in [1.82, 2.24) is 0 Å². The highest BCUT2D eigenvalue weighted by molar-refractivity contribution is 8.04. The number of rotatable bonds is 4. The van der Waals surface area contributed by atoms with Crippen LogP contribution < -0.4 is 0 Å². The van der Waals surface area contributed by atoms with E-state index in [-0.39, 0.29) is 10.6 Å². The van der Waals surface area contributed by atoms with E-state index in [9.17, 15) is 20.2 Å². The molecule has 0 atom stereocenters. The fourth-order valence-corrected chi connectivity index (χ4v) is 2.57. The predicted molar refractivity (Wildman–Crippen MR) is 63.8 cm³/mol. The molecular weight excluding hydrogens is 288 g/mol. The first-order valence-electron chi connectivity index (χ1n) is 3.62. The van der Waals surface area contributed by atoms with Gasteiger partial charge in [-0.2, -0.15) is 10.3 Å². The molecular formula is C6N4O4S3. The Labute approximate surface area is 107 Å². The zero-order valence-electron chi connectivity index (χ0n) is 7.65. The molecule has 0 amide bonds. The Morgan fingerprint density at radius 2 is 1.94 bits per heavy atom. The number of thiocarbonyl (C=S) groups is 1. The third-order valence-corrected chi connectivity index (χ3v) is 3.43. The monoisotopic (exact) mass is 288 g/mol. The van der Waals surface area contributed by atoms with E-state index in [1.165, 1.54) is 0 Å². The summed E-state index contributed by atoms with van der Waals surface area (Å²) in [6, 6.07) is 0. The molecule has 8 nitrogen and oxygen atoms in total. The van der Waals surface area contributed by atoms with E-state index in [1.807, 2.05) is 5.16 Å². The molecule has 0 aliphatic heterocycles. The van der Waals surface area contributed by atoms with Crippen LogP contribution in [0.4, 0.5) is 15.7 Å². The molecule has 1 aromatic rings. The number of thiocyanates is 1. The van der Waals surface area contributed by atoms with Crippen molar-refractivity contribution in [1.29, 1.82) is 5.26 Å². The summed E-state index contributed by atoms with van der Waals surface area (Å²) >= 11 is 5.06. The number of nitriles is 1. The quantitative estimate of drug-likeness (QED) is 0.208. The fourth-order valence-electron chi connectivity index (χ4n) is 0.910. The van der Waals surface area contributed by atoms with Gasteiger partial charge in [-0.1, -0.05) is 0 Å². The lowest BCUT2D eigenvalue weighted by Gasteiger charge is -1.89. The highest BCUT2D eigenvalue weighted by Gasteiger charge is 2.33. The van der Waals surface area contributed by atoms with Crippen LogP contribution in [-0.2, 0) is 0 Å². The Bertz CT molecular complexity index is 583. The van der Waals surface area contributed by atoms with Gasteiger partial charge in [0.1, 0.15) is 10.3 Å². The maximum atomic E-state index is 10.7. The summed E-state index contributed by atoms with van der Waals surface area (Å²) in [6.07, 6.45) is 0. The highest BCUT2D eigenvalue weighted by atomic mass is 32.2. The van der Waals surface area contributed by atoms with Crippen LogP contribution in [0.25, 0.3) is 0 Å². The molecule has 0 unspecified atom stereocenters. The van der Waals surface area contributed by atoms with Gasteiger partial charge in [-0.3, -0.25) is 20.2 Å². The molecule has 0 aromatic carbocycles. The summed E-state index contributed by atoms with van der Waals surface area (Å²) < 4.78 is 0. The smallest absolute Gasteiger partial charge is 0.258 e. The zero-order chi connectivity index (χ0) is 13.0. The summed E-state index contributed by atoms with van der Waals surface area (Å²) in [5.74, 6) is 0. The fraction of sp³-hybridized carbons (Fsp3) is 0. The van der Waals surface area contributed by atoms with Gasteiger partial charge >= 0.3 is 10.0 Å². The molecule has 17 heavy (non-hydrogen) atoms. The van der Waals surface area contributed by atoms with Gasteiger partial charge in [0, 0.05) is 23.1 Å². The molecule has 0 bridgehead atoms. The second-order valence-corrected chi connectivity index (χ2v) is 4.26. The van der Waals surface area contributed by atoms with E-state index in [0.717, 1.165) is 0 Å². The Morgan fingerprint density at radius 3 is 2.35 bits per heavy atom. The maximum absolute atomic E-state index is 10.7. The van der Waals surface area contributed by atoms with Gasteiger partial charge in [0.25, 0.3) is 0 Å². The predicted octanol–water partition coefficient (Wildman–Crippen LogP) is 2.87. The van der Waals surface area contributed by atoms with Crippen molar-refractivity contribution in [2.75, 3.05) is 0 Å². The van der Waals surface area contributed by atoms with Crippen molar-refractivity contribution < 1.29 is 9.85 Å². The molecule has 0 fully saturated rings. The molecule has 0 radical (unpaired) electrons. The first-order valence-corrected chi connectivity index (χ1v) is 5.66. The average molecular weight is 288 g/mol. The first kappa shape index (κ1) is 13.2. The Kier molecular flexibility index (Phi) is 4.24. The van der Waals surface area contributed by atoms with E-state index in [1.54, 1.807) is 5.40 Å². The Morgan fingerprint density at radius 1 is 1.35 bits per heavy atom. The largest absolute Gasteiger partial charge is 0.358 e. The normalized spacial score (nSPS) is 9.12. The topological polar surface area (TPSA) is 122 Å². The number of nitro groups is 2. The third kappa shape index (κ3) is 2.63. The van der Waals surface area contributed by atoms with Crippen molar-refractivity contribution in [2.24, 2.45) is 4.99 Å². The number of thiophene rings is 1. The minimum Gasteiger partial charge on any atom is -0.258 e. The van der Waals surface area contributed by atoms with Gasteiger partial charge in [-0.25, -0.2) is 0 Å². The summed E-state index contributed by atoms with van der Waals surface area (Å²) in [6.45, 7) is 0. The Hall–Kier alpha value is -1.86. The van der Waals surface area contributed by atoms with E-state index < -0.39 is 19.8 Å². The number of thioether (sulfide) groups is 1. The van der Waals surface area contributed by atoms with E-state index in [0.29, 0.717) is 23.1 Å². The van der Waals surface area contributed by atoms with Gasteiger partial charge in [0.15, 0.2) is 5.69 Å². The molecule has 1 heterocycles. The van der Waals surface area contributed by atoms with Crippen LogP contribution in [0.5, 0.6) is 0 Å². The lowest BCUT2D eigenvalue weighted by atomic mass is 10.5. The van der Waals surface area contributed by atoms with Crippen molar-refractivity contribution in [3.05, 3.63) is 20.2 Å². The van der Waals surface area contributed by atoms with Crippen LogP contribution in [0, 0.1) is 30.9 Å². The van der Waals surface area contributed by atoms with Crippen LogP contribution in [0.15, 0.2) is 9.89 Å². The van der Waals surface area contributed by atoms with Crippen molar-refractivity contribution in [3.8, 4) is 5.40 Å². The molecule has 0 aliphatic rings. The SMILES string of the molecule is N#CSc1c([N+](=O)[O-])sc([N+](=O)[O-])c1N=C=S. The van der Waals surface area contributed by atoms with E-state index in [4.69, 9.17) is 5.26 Å². The van der Waals surface area contributed by atoms with Gasteiger partial charge in [0.2, 0.25) is 0 Å². The number of nitrogens with zero attached hydrogens (tertiary/aromatic N) is 4. The van der Waals surface area contributed by atoms with Crippen molar-refractivity contribution in [2.45, 2.75) is 4.90 Å².